The van der Waals surface area contributed by atoms with Crippen molar-refractivity contribution in [3.8, 4) is 0 Å². The lowest BCUT2D eigenvalue weighted by Gasteiger charge is -2.23. The van der Waals surface area contributed by atoms with Crippen molar-refractivity contribution in [1.29, 1.82) is 0 Å². The topological polar surface area (TPSA) is 58.4 Å². The molecule has 0 aliphatic carbocycles. The summed E-state index contributed by atoms with van der Waals surface area (Å²) in [6.07, 6.45) is 5.11. The highest BCUT2D eigenvalue weighted by Gasteiger charge is 2.22. The minimum atomic E-state index is -0.765. The zero-order valence-electron chi connectivity index (χ0n) is 10.1. The number of aliphatic carboxylic acids is 1. The molecule has 0 spiro atoms. The van der Waals surface area contributed by atoms with E-state index in [1.807, 2.05) is 36.7 Å². The average Bonchev–Trinajstić information content (AvgIpc) is 2.60. The fourth-order valence-corrected chi connectivity index (χ4v) is 1.69. The van der Waals surface area contributed by atoms with Crippen LogP contribution < -0.4 is 0 Å². The summed E-state index contributed by atoms with van der Waals surface area (Å²) in [5.74, 6) is 0.114. The van der Waals surface area contributed by atoms with Crippen LogP contribution in [0.15, 0.2) is 12.4 Å². The Bertz CT molecular complexity index is 349. The maximum Gasteiger partial charge on any atom is 0.320 e. The van der Waals surface area contributed by atoms with Crippen molar-refractivity contribution in [3.05, 3.63) is 18.2 Å². The summed E-state index contributed by atoms with van der Waals surface area (Å²) in [4.78, 5) is 17.1. The van der Waals surface area contributed by atoms with Gasteiger partial charge in [-0.05, 0) is 13.5 Å². The van der Waals surface area contributed by atoms with E-state index < -0.39 is 12.0 Å². The monoisotopic (exact) mass is 225 g/mol. The molecule has 0 radical (unpaired) electrons. The van der Waals surface area contributed by atoms with Gasteiger partial charge in [-0.1, -0.05) is 13.3 Å². The second kappa shape index (κ2) is 5.65. The van der Waals surface area contributed by atoms with Crippen molar-refractivity contribution in [1.82, 2.24) is 14.5 Å². The first-order chi connectivity index (χ1) is 7.56. The van der Waals surface area contributed by atoms with E-state index >= 15 is 0 Å². The summed E-state index contributed by atoms with van der Waals surface area (Å²) in [7, 11) is 3.73. The quantitative estimate of drug-likeness (QED) is 0.787. The van der Waals surface area contributed by atoms with Crippen molar-refractivity contribution < 1.29 is 9.90 Å². The normalized spacial score (nSPS) is 13.0. The van der Waals surface area contributed by atoms with Gasteiger partial charge >= 0.3 is 5.97 Å². The highest BCUT2D eigenvalue weighted by molar-refractivity contribution is 5.73. The molecule has 5 heteroatoms. The summed E-state index contributed by atoms with van der Waals surface area (Å²) in [6.45, 7) is 2.55. The molecule has 0 saturated carbocycles. The van der Waals surface area contributed by atoms with Gasteiger partial charge in [0.1, 0.15) is 11.9 Å². The van der Waals surface area contributed by atoms with Gasteiger partial charge in [0.05, 0.1) is 6.54 Å². The van der Waals surface area contributed by atoms with Gasteiger partial charge < -0.3 is 9.67 Å². The van der Waals surface area contributed by atoms with E-state index in [1.54, 1.807) is 6.20 Å². The molecule has 1 aromatic rings. The predicted octanol–water partition coefficient (Wildman–Crippen LogP) is 1.11. The van der Waals surface area contributed by atoms with E-state index in [0.717, 1.165) is 12.2 Å². The molecule has 90 valence electrons. The summed E-state index contributed by atoms with van der Waals surface area (Å²) >= 11 is 0. The molecular formula is C11H19N3O2. The number of carbonyl (C=O) groups is 1. The van der Waals surface area contributed by atoms with Crippen molar-refractivity contribution in [2.45, 2.75) is 32.4 Å². The van der Waals surface area contributed by atoms with Crippen LogP contribution >= 0.6 is 0 Å². The highest BCUT2D eigenvalue weighted by atomic mass is 16.4. The molecule has 0 aliphatic heterocycles. The molecule has 0 bridgehead atoms. The number of carboxylic acids is 1. The van der Waals surface area contributed by atoms with Gasteiger partial charge in [0.2, 0.25) is 0 Å². The van der Waals surface area contributed by atoms with E-state index in [0.29, 0.717) is 13.0 Å². The van der Waals surface area contributed by atoms with E-state index in [2.05, 4.69) is 4.98 Å². The molecule has 0 saturated heterocycles. The van der Waals surface area contributed by atoms with Crippen molar-refractivity contribution in [2.24, 2.45) is 7.05 Å². The minimum Gasteiger partial charge on any atom is -0.480 e. The molecule has 1 heterocycles. The van der Waals surface area contributed by atoms with E-state index in [4.69, 9.17) is 5.11 Å². The number of hydrogen-bond acceptors (Lipinski definition) is 3. The third-order valence-electron chi connectivity index (χ3n) is 2.69. The molecular weight excluding hydrogens is 206 g/mol. The fraction of sp³-hybridized carbons (Fsp3) is 0.636. The van der Waals surface area contributed by atoms with Crippen LogP contribution in [0.3, 0.4) is 0 Å². The molecule has 1 rings (SSSR count). The number of hydrogen-bond donors (Lipinski definition) is 1. The molecule has 0 aromatic carbocycles. The molecule has 0 amide bonds. The van der Waals surface area contributed by atoms with Crippen LogP contribution in [0.25, 0.3) is 0 Å². The molecule has 1 atom stereocenters. The van der Waals surface area contributed by atoms with Crippen molar-refractivity contribution in [3.63, 3.8) is 0 Å². The highest BCUT2D eigenvalue weighted by Crippen LogP contribution is 2.09. The van der Waals surface area contributed by atoms with Gasteiger partial charge in [-0.15, -0.1) is 0 Å². The van der Waals surface area contributed by atoms with Crippen LogP contribution in [0, 0.1) is 0 Å². The average molecular weight is 225 g/mol. The number of rotatable bonds is 6. The molecule has 16 heavy (non-hydrogen) atoms. The van der Waals surface area contributed by atoms with Crippen LogP contribution in [0.4, 0.5) is 0 Å². The lowest BCUT2D eigenvalue weighted by molar-refractivity contribution is -0.143. The Hall–Kier alpha value is -1.36. The van der Waals surface area contributed by atoms with Crippen LogP contribution in [0.1, 0.15) is 25.6 Å². The van der Waals surface area contributed by atoms with Gasteiger partial charge in [0.15, 0.2) is 0 Å². The van der Waals surface area contributed by atoms with E-state index in [-0.39, 0.29) is 0 Å². The second-order valence-corrected chi connectivity index (χ2v) is 4.01. The predicted molar refractivity (Wildman–Crippen MR) is 61.0 cm³/mol. The smallest absolute Gasteiger partial charge is 0.320 e. The Morgan fingerprint density at radius 1 is 1.69 bits per heavy atom. The van der Waals surface area contributed by atoms with E-state index in [1.165, 1.54) is 0 Å². The molecule has 1 unspecified atom stereocenters. The minimum absolute atomic E-state index is 0.429. The summed E-state index contributed by atoms with van der Waals surface area (Å²) < 4.78 is 1.90. The van der Waals surface area contributed by atoms with Crippen LogP contribution in [0.5, 0.6) is 0 Å². The Morgan fingerprint density at radius 2 is 2.38 bits per heavy atom. The largest absolute Gasteiger partial charge is 0.480 e. The van der Waals surface area contributed by atoms with E-state index in [9.17, 15) is 4.79 Å². The third-order valence-corrected chi connectivity index (χ3v) is 2.69. The number of aromatic nitrogens is 2. The maximum atomic E-state index is 11.1. The third kappa shape index (κ3) is 3.06. The first kappa shape index (κ1) is 12.7. The van der Waals surface area contributed by atoms with Crippen molar-refractivity contribution in [2.75, 3.05) is 7.05 Å². The number of likely N-dealkylation sites (N-methyl/N-ethyl adjacent to an activating group) is 1. The van der Waals surface area contributed by atoms with Crippen LogP contribution in [-0.4, -0.2) is 38.6 Å². The number of imidazole rings is 1. The summed E-state index contributed by atoms with van der Waals surface area (Å²) in [5.41, 5.74) is 0. The number of aryl methyl sites for hydroxylation is 1. The Balaban J connectivity index is 2.65. The zero-order chi connectivity index (χ0) is 12.1. The Kier molecular flexibility index (Phi) is 4.49. The molecule has 0 fully saturated rings. The van der Waals surface area contributed by atoms with Gasteiger partial charge in [0.25, 0.3) is 0 Å². The Morgan fingerprint density at radius 3 is 2.81 bits per heavy atom. The van der Waals surface area contributed by atoms with Crippen LogP contribution in [0.2, 0.25) is 0 Å². The lowest BCUT2D eigenvalue weighted by Crippen LogP contribution is -2.38. The SMILES string of the molecule is CCCC(C(=O)O)N(C)Cc1nccn1C. The standard InChI is InChI=1S/C11H19N3O2/c1-4-5-9(11(15)16)14(3)8-10-12-6-7-13(10)2/h6-7,9H,4-5,8H2,1-3H3,(H,15,16). The van der Waals surface area contributed by atoms with Gasteiger partial charge in [-0.3, -0.25) is 9.69 Å². The van der Waals surface area contributed by atoms with Crippen LogP contribution in [-0.2, 0) is 18.4 Å². The fourth-order valence-electron chi connectivity index (χ4n) is 1.69. The molecule has 1 N–H and O–H groups in total. The summed E-state index contributed by atoms with van der Waals surface area (Å²) in [5, 5.41) is 9.10. The number of carboxylic acid groups (broad SMARTS) is 1. The summed E-state index contributed by atoms with van der Waals surface area (Å²) in [6, 6.07) is -0.429. The van der Waals surface area contributed by atoms with Crippen molar-refractivity contribution >= 4 is 5.97 Å². The molecule has 0 aliphatic rings. The second-order valence-electron chi connectivity index (χ2n) is 4.01. The zero-order valence-corrected chi connectivity index (χ0v) is 10.1. The maximum absolute atomic E-state index is 11.1. The Labute approximate surface area is 95.7 Å². The molecule has 1 aromatic heterocycles. The van der Waals surface area contributed by atoms with Gasteiger partial charge in [-0.2, -0.15) is 0 Å². The number of nitrogens with zero attached hydrogens (tertiary/aromatic N) is 3. The van der Waals surface area contributed by atoms with Gasteiger partial charge in [-0.25, -0.2) is 4.98 Å². The lowest BCUT2D eigenvalue weighted by atomic mass is 10.1. The first-order valence-corrected chi connectivity index (χ1v) is 5.45. The first-order valence-electron chi connectivity index (χ1n) is 5.45. The molecule has 5 nitrogen and oxygen atoms in total. The van der Waals surface area contributed by atoms with Gasteiger partial charge in [0, 0.05) is 19.4 Å².